The molecule has 11 nitrogen and oxygen atoms in total. The van der Waals surface area contributed by atoms with E-state index in [2.05, 4.69) is 23.5 Å². The van der Waals surface area contributed by atoms with Crippen molar-refractivity contribution in [3.63, 3.8) is 0 Å². The molecule has 0 radical (unpaired) electrons. The second kappa shape index (κ2) is 14.0. The molecule has 1 unspecified atom stereocenters. The molecule has 1 fully saturated rings. The summed E-state index contributed by atoms with van der Waals surface area (Å²) < 4.78 is 18.8. The van der Waals surface area contributed by atoms with Gasteiger partial charge in [0.15, 0.2) is 22.4 Å². The van der Waals surface area contributed by atoms with Gasteiger partial charge in [-0.05, 0) is 57.0 Å². The van der Waals surface area contributed by atoms with Gasteiger partial charge in [-0.15, -0.1) is 0 Å². The summed E-state index contributed by atoms with van der Waals surface area (Å²) in [6.07, 6.45) is 6.12. The van der Waals surface area contributed by atoms with Crippen molar-refractivity contribution in [3.05, 3.63) is 88.3 Å². The average Bonchev–Trinajstić information content (AvgIpc) is 3.68. The van der Waals surface area contributed by atoms with Gasteiger partial charge in [0.05, 0.1) is 36.2 Å². The molecule has 1 aliphatic rings. The number of aryl methyl sites for hydroxylation is 2. The van der Waals surface area contributed by atoms with Gasteiger partial charge in [-0.2, -0.15) is 0 Å². The van der Waals surface area contributed by atoms with Crippen LogP contribution in [0, 0.1) is 13.8 Å². The number of carbonyl (C=O) groups excluding carboxylic acids is 3. The second-order valence-electron chi connectivity index (χ2n) is 10.6. The molecule has 0 saturated carbocycles. The fourth-order valence-electron chi connectivity index (χ4n) is 5.36. The van der Waals surface area contributed by atoms with Gasteiger partial charge in [0, 0.05) is 6.20 Å². The summed E-state index contributed by atoms with van der Waals surface area (Å²) in [5, 5.41) is 12.0. The van der Waals surface area contributed by atoms with Crippen LogP contribution in [0.4, 0.5) is 5.13 Å². The van der Waals surface area contributed by atoms with Gasteiger partial charge in [0.25, 0.3) is 5.78 Å². The second-order valence-corrected chi connectivity index (χ2v) is 11.6. The number of pyridine rings is 1. The third-order valence-corrected chi connectivity index (χ3v) is 8.61. The van der Waals surface area contributed by atoms with Gasteiger partial charge in [0.2, 0.25) is 0 Å². The maximum absolute atomic E-state index is 13.9. The van der Waals surface area contributed by atoms with Gasteiger partial charge in [-0.1, -0.05) is 55.9 Å². The number of thiazole rings is 1. The van der Waals surface area contributed by atoms with Crippen LogP contribution < -0.4 is 14.4 Å². The van der Waals surface area contributed by atoms with Crippen molar-refractivity contribution >= 4 is 45.5 Å². The van der Waals surface area contributed by atoms with E-state index in [-0.39, 0.29) is 27.9 Å². The van der Waals surface area contributed by atoms with E-state index in [1.54, 1.807) is 54.8 Å². The van der Waals surface area contributed by atoms with Crippen LogP contribution in [-0.2, 0) is 14.3 Å². The Bertz CT molecular complexity index is 1840. The van der Waals surface area contributed by atoms with E-state index in [1.165, 1.54) is 11.0 Å². The minimum absolute atomic E-state index is 0.00173. The molecule has 0 bridgehead atoms. The van der Waals surface area contributed by atoms with Crippen LogP contribution in [-0.4, -0.2) is 57.0 Å². The van der Waals surface area contributed by atoms with Crippen molar-refractivity contribution in [3.8, 4) is 11.5 Å². The molecule has 5 rings (SSSR count). The topological polar surface area (TPSA) is 133 Å². The van der Waals surface area contributed by atoms with Crippen LogP contribution >= 0.6 is 11.3 Å². The number of hydrogen-bond acceptors (Lipinski definition) is 10. The molecule has 12 heteroatoms. The number of amides is 1. The Morgan fingerprint density at radius 3 is 2.61 bits per heavy atom. The number of aromatic nitrogens is 3. The molecule has 0 spiro atoms. The Hall–Kier alpha value is -4.97. The lowest BCUT2D eigenvalue weighted by Crippen LogP contribution is -2.29. The molecule has 46 heavy (non-hydrogen) atoms. The number of aliphatic hydroxyl groups is 1. The van der Waals surface area contributed by atoms with Gasteiger partial charge < -0.3 is 19.3 Å². The molecule has 1 N–H and O–H groups in total. The molecule has 1 aromatic carbocycles. The number of ketones is 1. The molecular weight excluding hydrogens is 608 g/mol. The Morgan fingerprint density at radius 1 is 1.07 bits per heavy atom. The maximum atomic E-state index is 13.9. The predicted octanol–water partition coefficient (Wildman–Crippen LogP) is 6.34. The van der Waals surface area contributed by atoms with Crippen molar-refractivity contribution in [1.29, 1.82) is 0 Å². The van der Waals surface area contributed by atoms with Crippen molar-refractivity contribution < 1.29 is 33.7 Å². The third kappa shape index (κ3) is 6.12. The number of esters is 1. The SMILES string of the molecule is C=CCOC(=O)c1sc(N2C(=O)C(=O)/C(=C(/O)c3c(C)nc4ccccn34)C2c2ccc(OCCCCC)c(OCC)c2)nc1C. The lowest BCUT2D eigenvalue weighted by molar-refractivity contribution is -0.132. The lowest BCUT2D eigenvalue weighted by Gasteiger charge is -2.24. The number of hydrogen-bond donors (Lipinski definition) is 1. The number of unbranched alkanes of at least 4 members (excludes halogenated alkanes) is 2. The molecule has 240 valence electrons. The number of nitrogens with zero attached hydrogens (tertiary/aromatic N) is 4. The van der Waals surface area contributed by atoms with Crippen molar-refractivity contribution in [1.82, 2.24) is 14.4 Å². The molecule has 3 aromatic heterocycles. The Labute approximate surface area is 270 Å². The Kier molecular flexibility index (Phi) is 9.86. The van der Waals surface area contributed by atoms with Gasteiger partial charge in [-0.3, -0.25) is 18.9 Å². The monoisotopic (exact) mass is 644 g/mol. The van der Waals surface area contributed by atoms with Gasteiger partial charge in [0.1, 0.15) is 22.8 Å². The predicted molar refractivity (Wildman–Crippen MR) is 175 cm³/mol. The highest BCUT2D eigenvalue weighted by Gasteiger charge is 2.49. The number of imidazole rings is 1. The van der Waals surface area contributed by atoms with E-state index >= 15 is 0 Å². The normalized spacial score (nSPS) is 15.8. The van der Waals surface area contributed by atoms with Crippen molar-refractivity contribution in [2.45, 2.75) is 53.0 Å². The van der Waals surface area contributed by atoms with Crippen molar-refractivity contribution in [2.24, 2.45) is 0 Å². The summed E-state index contributed by atoms with van der Waals surface area (Å²) in [7, 11) is 0. The Balaban J connectivity index is 1.69. The number of fused-ring (bicyclic) bond motifs is 1. The summed E-state index contributed by atoms with van der Waals surface area (Å²) in [5.74, 6) is -1.88. The minimum atomic E-state index is -1.12. The zero-order valence-electron chi connectivity index (χ0n) is 26.2. The molecule has 1 amide bonds. The number of ether oxygens (including phenoxy) is 3. The molecular formula is C34H36N4O7S. The highest BCUT2D eigenvalue weighted by molar-refractivity contribution is 7.17. The van der Waals surface area contributed by atoms with Crippen LogP contribution in [0.1, 0.15) is 71.5 Å². The summed E-state index contributed by atoms with van der Waals surface area (Å²) in [6, 6.07) is 9.42. The van der Waals surface area contributed by atoms with E-state index in [0.717, 1.165) is 30.6 Å². The largest absolute Gasteiger partial charge is 0.505 e. The van der Waals surface area contributed by atoms with Crippen LogP contribution in [0.25, 0.3) is 11.4 Å². The number of aliphatic hydroxyl groups excluding tert-OH is 1. The Morgan fingerprint density at radius 2 is 1.87 bits per heavy atom. The zero-order chi connectivity index (χ0) is 33.0. The zero-order valence-corrected chi connectivity index (χ0v) is 27.1. The lowest BCUT2D eigenvalue weighted by atomic mass is 9.96. The average molecular weight is 645 g/mol. The highest BCUT2D eigenvalue weighted by atomic mass is 32.1. The third-order valence-electron chi connectivity index (χ3n) is 7.47. The highest BCUT2D eigenvalue weighted by Crippen LogP contribution is 2.46. The first-order chi connectivity index (χ1) is 22.2. The smallest absolute Gasteiger partial charge is 0.350 e. The van der Waals surface area contributed by atoms with Gasteiger partial charge in [-0.25, -0.2) is 14.8 Å². The van der Waals surface area contributed by atoms with Crippen molar-refractivity contribution in [2.75, 3.05) is 24.7 Å². The summed E-state index contributed by atoms with van der Waals surface area (Å²) in [4.78, 5) is 50.9. The number of Topliss-reactive ketones (excluding diaryl/α,β-unsaturated/α-hetero) is 1. The maximum Gasteiger partial charge on any atom is 0.350 e. The summed E-state index contributed by atoms with van der Waals surface area (Å²) in [5.41, 5.74) is 1.97. The molecule has 0 aliphatic carbocycles. The minimum Gasteiger partial charge on any atom is -0.505 e. The molecule has 1 atom stereocenters. The van der Waals surface area contributed by atoms with E-state index in [9.17, 15) is 19.5 Å². The molecule has 4 aromatic rings. The van der Waals surface area contributed by atoms with E-state index in [0.29, 0.717) is 47.3 Å². The summed E-state index contributed by atoms with van der Waals surface area (Å²) in [6.45, 7) is 11.7. The number of benzene rings is 1. The number of carbonyl (C=O) groups is 3. The fourth-order valence-corrected chi connectivity index (χ4v) is 6.35. The number of anilines is 1. The first-order valence-corrected chi connectivity index (χ1v) is 15.9. The van der Waals surface area contributed by atoms with Crippen LogP contribution in [0.5, 0.6) is 11.5 Å². The summed E-state index contributed by atoms with van der Waals surface area (Å²) >= 11 is 0.925. The van der Waals surface area contributed by atoms with E-state index in [1.807, 2.05) is 13.0 Å². The van der Waals surface area contributed by atoms with E-state index < -0.39 is 29.5 Å². The first-order valence-electron chi connectivity index (χ1n) is 15.1. The molecule has 4 heterocycles. The van der Waals surface area contributed by atoms with Gasteiger partial charge >= 0.3 is 11.9 Å². The standard InChI is InChI=1S/C34H36N4O7S/c1-6-9-12-18-44-23-15-14-22(19-24(23)43-8-3)28-26(29(39)27-20(4)35-25-13-10-11-16-37(25)27)30(40)32(41)38(28)34-36-21(5)31(46-34)33(42)45-17-7-2/h7,10-11,13-16,19,28,39H,2,6,8-9,12,17-18H2,1,3-5H3/b29-26+. The first kappa shape index (κ1) is 32.4. The quantitative estimate of drug-likeness (QED) is 0.0442. The van der Waals surface area contributed by atoms with Crippen LogP contribution in [0.15, 0.2) is 60.8 Å². The van der Waals surface area contributed by atoms with E-state index in [4.69, 9.17) is 14.2 Å². The van der Waals surface area contributed by atoms with Crippen LogP contribution in [0.3, 0.4) is 0 Å². The van der Waals surface area contributed by atoms with Crippen LogP contribution in [0.2, 0.25) is 0 Å². The fraction of sp³-hybridized carbons (Fsp3) is 0.324. The molecule has 1 saturated heterocycles. The number of rotatable bonds is 13. The molecule has 1 aliphatic heterocycles.